The molecule has 0 amide bonds. The van der Waals surface area contributed by atoms with Crippen LogP contribution in [0.1, 0.15) is 22.7 Å². The standard InChI is InChI=1S/C12H12N2O5/c1-19-12(18)11-7-3-2-4-9(15)14(7)8(13-11)5-6-10(16)17/h2-4,15H,5-6H2,1H3,(H,16,17). The molecule has 2 heterocycles. The molecule has 2 aromatic rings. The summed E-state index contributed by atoms with van der Waals surface area (Å²) < 4.78 is 5.95. The van der Waals surface area contributed by atoms with Gasteiger partial charge in [0.05, 0.1) is 19.0 Å². The fourth-order valence-electron chi connectivity index (χ4n) is 1.82. The Morgan fingerprint density at radius 1 is 1.42 bits per heavy atom. The van der Waals surface area contributed by atoms with Gasteiger partial charge in [-0.2, -0.15) is 0 Å². The van der Waals surface area contributed by atoms with Crippen LogP contribution < -0.4 is 0 Å². The van der Waals surface area contributed by atoms with Gasteiger partial charge < -0.3 is 14.9 Å². The second-order valence-corrected chi connectivity index (χ2v) is 3.87. The van der Waals surface area contributed by atoms with Crippen molar-refractivity contribution in [1.29, 1.82) is 0 Å². The van der Waals surface area contributed by atoms with Crippen LogP contribution in [0, 0.1) is 0 Å². The highest BCUT2D eigenvalue weighted by Crippen LogP contribution is 2.21. The van der Waals surface area contributed by atoms with Crippen molar-refractivity contribution in [3.63, 3.8) is 0 Å². The number of rotatable bonds is 4. The number of nitrogens with zero attached hydrogens (tertiary/aromatic N) is 2. The SMILES string of the molecule is COC(=O)c1nc(CCC(=O)O)n2c(O)cccc12. The van der Waals surface area contributed by atoms with Crippen LogP contribution in [0.4, 0.5) is 0 Å². The van der Waals surface area contributed by atoms with Crippen molar-refractivity contribution < 1.29 is 24.5 Å². The van der Waals surface area contributed by atoms with E-state index < -0.39 is 11.9 Å². The maximum absolute atomic E-state index is 11.6. The number of aromatic nitrogens is 2. The number of pyridine rings is 1. The number of ether oxygens (including phenoxy) is 1. The lowest BCUT2D eigenvalue weighted by Crippen LogP contribution is -2.03. The first-order valence-corrected chi connectivity index (χ1v) is 5.54. The van der Waals surface area contributed by atoms with E-state index in [1.165, 1.54) is 17.6 Å². The largest absolute Gasteiger partial charge is 0.494 e. The molecule has 0 radical (unpaired) electrons. The van der Waals surface area contributed by atoms with Crippen molar-refractivity contribution in [3.8, 4) is 5.88 Å². The quantitative estimate of drug-likeness (QED) is 0.794. The normalized spacial score (nSPS) is 10.6. The number of aromatic hydroxyl groups is 1. The number of imidazole rings is 1. The Hall–Kier alpha value is -2.57. The molecule has 0 spiro atoms. The number of fused-ring (bicyclic) bond motifs is 1. The number of hydrogen-bond acceptors (Lipinski definition) is 5. The Kier molecular flexibility index (Phi) is 3.37. The molecule has 0 aliphatic rings. The van der Waals surface area contributed by atoms with E-state index in [1.54, 1.807) is 12.1 Å². The molecule has 0 saturated carbocycles. The Bertz CT molecular complexity index is 647. The minimum atomic E-state index is -0.980. The molecule has 0 bridgehead atoms. The van der Waals surface area contributed by atoms with Crippen LogP contribution in [0.25, 0.3) is 5.52 Å². The molecule has 100 valence electrons. The number of carboxylic acids is 1. The van der Waals surface area contributed by atoms with Crippen molar-refractivity contribution in [3.05, 3.63) is 29.7 Å². The van der Waals surface area contributed by atoms with E-state index in [0.29, 0.717) is 11.3 Å². The van der Waals surface area contributed by atoms with Crippen LogP contribution in [-0.2, 0) is 16.0 Å². The first-order chi connectivity index (χ1) is 9.04. The zero-order valence-corrected chi connectivity index (χ0v) is 10.2. The summed E-state index contributed by atoms with van der Waals surface area (Å²) in [6, 6.07) is 4.60. The van der Waals surface area contributed by atoms with Crippen LogP contribution in [0.15, 0.2) is 18.2 Å². The zero-order chi connectivity index (χ0) is 14.0. The zero-order valence-electron chi connectivity index (χ0n) is 10.2. The molecule has 0 unspecified atom stereocenters. The highest BCUT2D eigenvalue weighted by Gasteiger charge is 2.19. The molecule has 2 aromatic heterocycles. The molecular weight excluding hydrogens is 252 g/mol. The lowest BCUT2D eigenvalue weighted by molar-refractivity contribution is -0.137. The number of carbonyl (C=O) groups is 2. The Morgan fingerprint density at radius 3 is 2.79 bits per heavy atom. The second-order valence-electron chi connectivity index (χ2n) is 3.87. The fourth-order valence-corrected chi connectivity index (χ4v) is 1.82. The third-order valence-electron chi connectivity index (χ3n) is 2.65. The minimum absolute atomic E-state index is 0.0544. The first-order valence-electron chi connectivity index (χ1n) is 5.54. The van der Waals surface area contributed by atoms with Crippen molar-refractivity contribution in [2.45, 2.75) is 12.8 Å². The van der Waals surface area contributed by atoms with Gasteiger partial charge in [0.15, 0.2) is 11.6 Å². The highest BCUT2D eigenvalue weighted by molar-refractivity contribution is 5.95. The number of carbonyl (C=O) groups excluding carboxylic acids is 1. The number of aryl methyl sites for hydroxylation is 1. The van der Waals surface area contributed by atoms with E-state index >= 15 is 0 Å². The predicted molar refractivity (Wildman–Crippen MR) is 64.2 cm³/mol. The van der Waals surface area contributed by atoms with E-state index in [9.17, 15) is 14.7 Å². The summed E-state index contributed by atoms with van der Waals surface area (Å²) in [4.78, 5) is 26.3. The van der Waals surface area contributed by atoms with Crippen molar-refractivity contribution in [2.24, 2.45) is 0 Å². The third kappa shape index (κ3) is 2.35. The Labute approximate surface area is 108 Å². The third-order valence-corrected chi connectivity index (χ3v) is 2.65. The van der Waals surface area contributed by atoms with E-state index in [4.69, 9.17) is 5.11 Å². The summed E-state index contributed by atoms with van der Waals surface area (Å²) in [7, 11) is 1.23. The molecular formula is C12H12N2O5. The maximum Gasteiger partial charge on any atom is 0.358 e. The average molecular weight is 264 g/mol. The van der Waals surface area contributed by atoms with Gasteiger partial charge in [-0.05, 0) is 12.1 Å². The molecule has 0 aliphatic heterocycles. The molecule has 0 aromatic carbocycles. The van der Waals surface area contributed by atoms with Gasteiger partial charge in [0, 0.05) is 6.42 Å². The van der Waals surface area contributed by atoms with Gasteiger partial charge in [0.2, 0.25) is 0 Å². The van der Waals surface area contributed by atoms with Gasteiger partial charge in [-0.15, -0.1) is 0 Å². The van der Waals surface area contributed by atoms with Gasteiger partial charge in [-0.3, -0.25) is 9.20 Å². The summed E-state index contributed by atoms with van der Waals surface area (Å²) in [6.07, 6.45) is -0.0425. The second kappa shape index (κ2) is 4.97. The lowest BCUT2D eigenvalue weighted by Gasteiger charge is -2.02. The molecule has 19 heavy (non-hydrogen) atoms. The number of methoxy groups -OCH3 is 1. The lowest BCUT2D eigenvalue weighted by atomic mass is 10.3. The average Bonchev–Trinajstić information content (AvgIpc) is 2.76. The Morgan fingerprint density at radius 2 is 2.16 bits per heavy atom. The number of aliphatic carboxylic acids is 1. The van der Waals surface area contributed by atoms with Crippen LogP contribution in [0.5, 0.6) is 5.88 Å². The minimum Gasteiger partial charge on any atom is -0.494 e. The molecule has 2 rings (SSSR count). The van der Waals surface area contributed by atoms with Crippen LogP contribution >= 0.6 is 0 Å². The van der Waals surface area contributed by atoms with Gasteiger partial charge in [-0.25, -0.2) is 9.78 Å². The summed E-state index contributed by atoms with van der Waals surface area (Å²) in [5, 5.41) is 18.5. The molecule has 0 atom stereocenters. The van der Waals surface area contributed by atoms with Crippen LogP contribution in [-0.4, -0.2) is 38.6 Å². The summed E-state index contributed by atoms with van der Waals surface area (Å²) in [5.41, 5.74) is 0.436. The number of carboxylic acid groups (broad SMARTS) is 1. The molecule has 2 N–H and O–H groups in total. The molecule has 0 aliphatic carbocycles. The number of esters is 1. The van der Waals surface area contributed by atoms with E-state index in [-0.39, 0.29) is 24.4 Å². The van der Waals surface area contributed by atoms with Crippen LogP contribution in [0.3, 0.4) is 0 Å². The van der Waals surface area contributed by atoms with Crippen molar-refractivity contribution >= 4 is 17.5 Å². The summed E-state index contributed by atoms with van der Waals surface area (Å²) >= 11 is 0. The smallest absolute Gasteiger partial charge is 0.358 e. The van der Waals surface area contributed by atoms with E-state index in [2.05, 4.69) is 9.72 Å². The van der Waals surface area contributed by atoms with Gasteiger partial charge >= 0.3 is 11.9 Å². The number of hydrogen-bond donors (Lipinski definition) is 2. The monoisotopic (exact) mass is 264 g/mol. The predicted octanol–water partition coefficient (Wildman–Crippen LogP) is 0.844. The maximum atomic E-state index is 11.6. The van der Waals surface area contributed by atoms with E-state index in [1.807, 2.05) is 0 Å². The summed E-state index contributed by atoms with van der Waals surface area (Å²) in [5.74, 6) is -1.42. The molecule has 0 saturated heterocycles. The first kappa shape index (κ1) is 12.9. The molecule has 0 fully saturated rings. The Balaban J connectivity index is 2.57. The molecule has 7 nitrogen and oxygen atoms in total. The fraction of sp³-hybridized carbons (Fsp3) is 0.250. The van der Waals surface area contributed by atoms with Gasteiger partial charge in [0.25, 0.3) is 0 Å². The van der Waals surface area contributed by atoms with Crippen LogP contribution in [0.2, 0.25) is 0 Å². The summed E-state index contributed by atoms with van der Waals surface area (Å²) in [6.45, 7) is 0. The van der Waals surface area contributed by atoms with Crippen molar-refractivity contribution in [1.82, 2.24) is 9.38 Å². The topological polar surface area (TPSA) is 101 Å². The van der Waals surface area contributed by atoms with Crippen molar-refractivity contribution in [2.75, 3.05) is 7.11 Å². The van der Waals surface area contributed by atoms with Gasteiger partial charge in [-0.1, -0.05) is 6.07 Å². The highest BCUT2D eigenvalue weighted by atomic mass is 16.5. The van der Waals surface area contributed by atoms with Gasteiger partial charge in [0.1, 0.15) is 5.82 Å². The molecule has 7 heteroatoms. The van der Waals surface area contributed by atoms with E-state index in [0.717, 1.165) is 0 Å².